The molecule has 0 heterocycles. The van der Waals surface area contributed by atoms with Gasteiger partial charge in [0, 0.05) is 10.8 Å². The maximum atomic E-state index is 5.33. The van der Waals surface area contributed by atoms with E-state index in [0.29, 0.717) is 0 Å². The lowest BCUT2D eigenvalue weighted by molar-refractivity contribution is 0.409. The molecule has 0 aliphatic heterocycles. The topological polar surface area (TPSA) is 9.23 Å². The summed E-state index contributed by atoms with van der Waals surface area (Å²) in [7, 11) is 1.70. The second kappa shape index (κ2) is 4.48. The highest BCUT2D eigenvalue weighted by Crippen LogP contribution is 2.33. The van der Waals surface area contributed by atoms with Gasteiger partial charge in [-0.2, -0.15) is 12.6 Å². The number of benzene rings is 1. The van der Waals surface area contributed by atoms with Gasteiger partial charge >= 0.3 is 0 Å². The molecule has 0 N–H and O–H groups in total. The standard InChI is InChI=1S/C13H20OS/c1-9(15)11-8-10(13(2,3)4)6-7-12(11)14-5/h6-9,15H,1-5H3. The predicted octanol–water partition coefficient (Wildman–Crippen LogP) is 3.98. The maximum absolute atomic E-state index is 5.33. The minimum atomic E-state index is 0.170. The van der Waals surface area contributed by atoms with E-state index >= 15 is 0 Å². The summed E-state index contributed by atoms with van der Waals surface area (Å²) in [6, 6.07) is 6.34. The molecule has 0 amide bonds. The van der Waals surface area contributed by atoms with Crippen molar-refractivity contribution in [2.24, 2.45) is 0 Å². The van der Waals surface area contributed by atoms with E-state index < -0.39 is 0 Å². The van der Waals surface area contributed by atoms with Crippen LogP contribution in [0.25, 0.3) is 0 Å². The molecule has 1 aromatic carbocycles. The average Bonchev–Trinajstić information content (AvgIpc) is 2.15. The molecule has 0 saturated carbocycles. The first-order valence-electron chi connectivity index (χ1n) is 5.22. The van der Waals surface area contributed by atoms with Crippen LogP contribution < -0.4 is 4.74 Å². The molecule has 0 aromatic heterocycles. The molecule has 0 aliphatic rings. The second-order valence-electron chi connectivity index (χ2n) is 4.88. The summed E-state index contributed by atoms with van der Waals surface area (Å²) in [5.41, 5.74) is 2.65. The Kier molecular flexibility index (Phi) is 3.72. The fourth-order valence-corrected chi connectivity index (χ4v) is 1.73. The van der Waals surface area contributed by atoms with Crippen molar-refractivity contribution in [1.82, 2.24) is 0 Å². The Labute approximate surface area is 98.3 Å². The smallest absolute Gasteiger partial charge is 0.123 e. The summed E-state index contributed by atoms with van der Waals surface area (Å²) in [4.78, 5) is 0. The Morgan fingerprint density at radius 3 is 2.27 bits per heavy atom. The zero-order valence-electron chi connectivity index (χ0n) is 10.2. The molecule has 84 valence electrons. The minimum Gasteiger partial charge on any atom is -0.496 e. The maximum Gasteiger partial charge on any atom is 0.123 e. The van der Waals surface area contributed by atoms with E-state index in [9.17, 15) is 0 Å². The van der Waals surface area contributed by atoms with Gasteiger partial charge in [0.2, 0.25) is 0 Å². The van der Waals surface area contributed by atoms with Crippen LogP contribution in [0.2, 0.25) is 0 Å². The summed E-state index contributed by atoms with van der Waals surface area (Å²) in [5, 5.41) is 0.197. The molecule has 0 radical (unpaired) electrons. The third-order valence-electron chi connectivity index (χ3n) is 2.55. The molecule has 1 atom stereocenters. The van der Waals surface area contributed by atoms with E-state index in [0.717, 1.165) is 11.3 Å². The molecule has 1 unspecified atom stereocenters. The van der Waals surface area contributed by atoms with Gasteiger partial charge in [0.15, 0.2) is 0 Å². The van der Waals surface area contributed by atoms with Crippen molar-refractivity contribution in [2.75, 3.05) is 7.11 Å². The van der Waals surface area contributed by atoms with Gasteiger partial charge in [-0.15, -0.1) is 0 Å². The van der Waals surface area contributed by atoms with E-state index in [4.69, 9.17) is 4.74 Å². The quantitative estimate of drug-likeness (QED) is 0.747. The molecule has 1 rings (SSSR count). The highest BCUT2D eigenvalue weighted by atomic mass is 32.1. The molecule has 0 bridgehead atoms. The van der Waals surface area contributed by atoms with Crippen molar-refractivity contribution in [1.29, 1.82) is 0 Å². The van der Waals surface area contributed by atoms with Crippen molar-refractivity contribution < 1.29 is 4.74 Å². The summed E-state index contributed by atoms with van der Waals surface area (Å²) >= 11 is 4.47. The van der Waals surface area contributed by atoms with Gasteiger partial charge in [-0.25, -0.2) is 0 Å². The summed E-state index contributed by atoms with van der Waals surface area (Å²) in [5.74, 6) is 0.922. The van der Waals surface area contributed by atoms with Gasteiger partial charge in [-0.05, 0) is 24.0 Å². The molecular formula is C13H20OS. The van der Waals surface area contributed by atoms with E-state index in [1.54, 1.807) is 7.11 Å². The van der Waals surface area contributed by atoms with Crippen molar-refractivity contribution in [3.05, 3.63) is 29.3 Å². The minimum absolute atomic E-state index is 0.170. The van der Waals surface area contributed by atoms with Crippen molar-refractivity contribution in [3.63, 3.8) is 0 Å². The van der Waals surface area contributed by atoms with Gasteiger partial charge in [0.25, 0.3) is 0 Å². The van der Waals surface area contributed by atoms with Crippen LogP contribution in [0.15, 0.2) is 18.2 Å². The second-order valence-corrected chi connectivity index (χ2v) is 5.66. The number of hydrogen-bond acceptors (Lipinski definition) is 2. The third kappa shape index (κ3) is 2.91. The largest absolute Gasteiger partial charge is 0.496 e. The van der Waals surface area contributed by atoms with E-state index in [1.807, 2.05) is 6.07 Å². The molecule has 0 fully saturated rings. The zero-order valence-corrected chi connectivity index (χ0v) is 11.1. The SMILES string of the molecule is COc1ccc(C(C)(C)C)cc1C(C)S. The van der Waals surface area contributed by atoms with Gasteiger partial charge in [-0.1, -0.05) is 32.9 Å². The van der Waals surface area contributed by atoms with Crippen LogP contribution in [0.5, 0.6) is 5.75 Å². The first-order valence-corrected chi connectivity index (χ1v) is 5.74. The lowest BCUT2D eigenvalue weighted by atomic mass is 9.86. The van der Waals surface area contributed by atoms with Crippen LogP contribution in [-0.4, -0.2) is 7.11 Å². The van der Waals surface area contributed by atoms with E-state index in [-0.39, 0.29) is 10.7 Å². The normalized spacial score (nSPS) is 13.7. The van der Waals surface area contributed by atoms with Crippen molar-refractivity contribution >= 4 is 12.6 Å². The van der Waals surface area contributed by atoms with Crippen LogP contribution in [0, 0.1) is 0 Å². The Bertz CT molecular complexity index is 337. The zero-order chi connectivity index (χ0) is 11.6. The predicted molar refractivity (Wildman–Crippen MR) is 69.1 cm³/mol. The Hall–Kier alpha value is -0.630. The van der Waals surface area contributed by atoms with Crippen LogP contribution >= 0.6 is 12.6 Å². The summed E-state index contributed by atoms with van der Waals surface area (Å²) < 4.78 is 5.33. The molecule has 2 heteroatoms. The third-order valence-corrected chi connectivity index (χ3v) is 2.82. The number of ether oxygens (including phenoxy) is 1. The van der Waals surface area contributed by atoms with Gasteiger partial charge < -0.3 is 4.74 Å². The number of hydrogen-bond donors (Lipinski definition) is 1. The highest BCUT2D eigenvalue weighted by Gasteiger charge is 2.17. The van der Waals surface area contributed by atoms with Crippen molar-refractivity contribution in [2.45, 2.75) is 38.4 Å². The van der Waals surface area contributed by atoms with Crippen LogP contribution in [0.4, 0.5) is 0 Å². The van der Waals surface area contributed by atoms with Gasteiger partial charge in [0.1, 0.15) is 5.75 Å². The Morgan fingerprint density at radius 2 is 1.87 bits per heavy atom. The molecule has 1 nitrogen and oxygen atoms in total. The van der Waals surface area contributed by atoms with Gasteiger partial charge in [-0.3, -0.25) is 0 Å². The Morgan fingerprint density at radius 1 is 1.27 bits per heavy atom. The molecule has 0 aliphatic carbocycles. The van der Waals surface area contributed by atoms with Crippen LogP contribution in [0.1, 0.15) is 44.1 Å². The highest BCUT2D eigenvalue weighted by molar-refractivity contribution is 7.80. The molecule has 15 heavy (non-hydrogen) atoms. The number of thiol groups is 1. The average molecular weight is 224 g/mol. The van der Waals surface area contributed by atoms with Crippen LogP contribution in [-0.2, 0) is 5.41 Å². The first-order chi connectivity index (χ1) is 6.86. The first kappa shape index (κ1) is 12.4. The molecule has 0 saturated heterocycles. The number of rotatable bonds is 2. The lowest BCUT2D eigenvalue weighted by Gasteiger charge is -2.22. The summed E-state index contributed by atoms with van der Waals surface area (Å²) in [6.45, 7) is 8.69. The molecule has 0 spiro atoms. The monoisotopic (exact) mass is 224 g/mol. The van der Waals surface area contributed by atoms with Crippen LogP contribution in [0.3, 0.4) is 0 Å². The van der Waals surface area contributed by atoms with Crippen molar-refractivity contribution in [3.8, 4) is 5.75 Å². The van der Waals surface area contributed by atoms with E-state index in [2.05, 4.69) is 52.5 Å². The van der Waals surface area contributed by atoms with E-state index in [1.165, 1.54) is 5.56 Å². The molecule has 1 aromatic rings. The lowest BCUT2D eigenvalue weighted by Crippen LogP contribution is -2.11. The fraction of sp³-hybridized carbons (Fsp3) is 0.538. The molecular weight excluding hydrogens is 204 g/mol. The van der Waals surface area contributed by atoms with Gasteiger partial charge in [0.05, 0.1) is 7.11 Å². The summed E-state index contributed by atoms with van der Waals surface area (Å²) in [6.07, 6.45) is 0. The number of methoxy groups -OCH3 is 1. The fourth-order valence-electron chi connectivity index (χ4n) is 1.53. The Balaban J connectivity index is 3.22.